The number of nitrogens with one attached hydrogen (secondary N) is 1. The van der Waals surface area contributed by atoms with Gasteiger partial charge in [-0.25, -0.2) is 27.2 Å². The lowest BCUT2D eigenvalue weighted by atomic mass is 10.0. The molecule has 0 amide bonds. The average Bonchev–Trinajstić information content (AvgIpc) is 3.28. The molecule has 4 aromatic rings. The molecule has 0 saturated carbocycles. The number of rotatable bonds is 13. The fourth-order valence-corrected chi connectivity index (χ4v) is 7.73. The fraction of sp³-hybridized carbons (Fsp3) is 0.519. The second-order valence-electron chi connectivity index (χ2n) is 20.7. The summed E-state index contributed by atoms with van der Waals surface area (Å²) in [5.74, 6) is -5.92. The molecule has 0 aromatic heterocycles. The maximum atomic E-state index is 13.2. The largest absolute Gasteiger partial charge is 0.459 e. The minimum absolute atomic E-state index is 0.00694. The highest BCUT2D eigenvalue weighted by Gasteiger charge is 2.41. The van der Waals surface area contributed by atoms with Crippen molar-refractivity contribution in [3.8, 4) is 0 Å². The average molecular weight is 1060 g/mol. The highest BCUT2D eigenvalue weighted by atomic mass is 79.9. The van der Waals surface area contributed by atoms with Crippen molar-refractivity contribution in [3.05, 3.63) is 136 Å². The summed E-state index contributed by atoms with van der Waals surface area (Å²) in [6.07, 6.45) is -1.45. The first-order chi connectivity index (χ1) is 32.2. The van der Waals surface area contributed by atoms with Crippen molar-refractivity contribution in [1.29, 1.82) is 0 Å². The standard InChI is InChI=1S/C22H29BrO3Si.C21H23F2NO3.C6H16Si.C5H9F2N/c1-22(2,3)27(4,5)26-20(15-17-11-13-19(23)14-12-17)21(24)25-16-18-9-7-6-8-10-18;22-21(23)10-12-24(13-11-21)18-8-6-16(7-9-18)14-19(25)20(26)27-15-17-4-2-1-3-5-17;1-6(2,3)7(4)5;6-5(7)1-3-8-4-2-5/h6-14,20H,15-16H2,1-5H3;1-9,19,25H,10-15H2;7H,1-5H3;8H,1-4H2/t20-;19-;;/m11../s1. The smallest absolute Gasteiger partial charge is 0.335 e. The van der Waals surface area contributed by atoms with E-state index in [2.05, 4.69) is 89.0 Å². The van der Waals surface area contributed by atoms with Crippen molar-refractivity contribution in [3.63, 3.8) is 0 Å². The number of nitrogens with zero attached hydrogens (tertiary/aromatic N) is 1. The van der Waals surface area contributed by atoms with Crippen LogP contribution >= 0.6 is 15.9 Å². The van der Waals surface area contributed by atoms with Gasteiger partial charge < -0.3 is 29.2 Å². The topological polar surface area (TPSA) is 97.3 Å². The van der Waals surface area contributed by atoms with E-state index in [1.165, 1.54) is 0 Å². The number of carbonyl (C=O) groups excluding carboxylic acids is 2. The summed E-state index contributed by atoms with van der Waals surface area (Å²) in [5.41, 5.74) is 4.54. The number of hydrogen-bond donors (Lipinski definition) is 2. The van der Waals surface area contributed by atoms with Crippen molar-refractivity contribution < 1.29 is 46.2 Å². The molecule has 2 heterocycles. The zero-order valence-corrected chi connectivity index (χ0v) is 46.2. The molecule has 0 aliphatic carbocycles. The van der Waals surface area contributed by atoms with Crippen molar-refractivity contribution >= 4 is 50.7 Å². The summed E-state index contributed by atoms with van der Waals surface area (Å²) < 4.78 is 69.0. The second-order valence-corrected chi connectivity index (χ2v) is 30.5. The van der Waals surface area contributed by atoms with Gasteiger partial charge in [-0.05, 0) is 69.7 Å². The van der Waals surface area contributed by atoms with Gasteiger partial charge in [-0.15, -0.1) is 0 Å². The maximum absolute atomic E-state index is 13.2. The van der Waals surface area contributed by atoms with Gasteiger partial charge in [0.05, 0.1) is 0 Å². The van der Waals surface area contributed by atoms with E-state index >= 15 is 0 Å². The van der Waals surface area contributed by atoms with Crippen molar-refractivity contribution in [2.24, 2.45) is 0 Å². The third-order valence-electron chi connectivity index (χ3n) is 12.9. The van der Waals surface area contributed by atoms with Gasteiger partial charge >= 0.3 is 11.9 Å². The molecule has 2 atom stereocenters. The molecule has 2 saturated heterocycles. The summed E-state index contributed by atoms with van der Waals surface area (Å²) in [6, 6.07) is 34.2. The Bertz CT molecular complexity index is 2090. The molecule has 2 N–H and O–H groups in total. The van der Waals surface area contributed by atoms with Crippen LogP contribution < -0.4 is 10.2 Å². The predicted molar refractivity (Wildman–Crippen MR) is 281 cm³/mol. The van der Waals surface area contributed by atoms with E-state index in [4.69, 9.17) is 13.9 Å². The number of esters is 2. The van der Waals surface area contributed by atoms with Gasteiger partial charge in [-0.1, -0.05) is 155 Å². The molecule has 2 fully saturated rings. The van der Waals surface area contributed by atoms with E-state index in [9.17, 15) is 32.3 Å². The van der Waals surface area contributed by atoms with E-state index in [0.717, 1.165) is 32.4 Å². The third-order valence-corrected chi connectivity index (χ3v) is 21.3. The van der Waals surface area contributed by atoms with Crippen LogP contribution in [-0.2, 0) is 49.5 Å². The van der Waals surface area contributed by atoms with Crippen LogP contribution in [0.4, 0.5) is 23.2 Å². The molecule has 0 unspecified atom stereocenters. The molecule has 2 aliphatic heterocycles. The molecule has 69 heavy (non-hydrogen) atoms. The van der Waals surface area contributed by atoms with E-state index in [0.29, 0.717) is 37.6 Å². The maximum Gasteiger partial charge on any atom is 0.335 e. The number of benzene rings is 4. The number of carbonyl (C=O) groups is 2. The number of aliphatic hydroxyl groups excluding tert-OH is 1. The normalized spacial score (nSPS) is 16.5. The fourth-order valence-electron chi connectivity index (χ4n) is 6.22. The minimum Gasteiger partial charge on any atom is -0.459 e. The molecule has 0 spiro atoms. The van der Waals surface area contributed by atoms with Gasteiger partial charge in [0.25, 0.3) is 11.8 Å². The number of aliphatic hydroxyl groups is 1. The molecule has 8 nitrogen and oxygen atoms in total. The summed E-state index contributed by atoms with van der Waals surface area (Å²) in [6.45, 7) is 24.5. The van der Waals surface area contributed by atoms with Crippen LogP contribution in [0, 0.1) is 0 Å². The Balaban J connectivity index is 0.000000281. The first kappa shape index (κ1) is 59.4. The molecule has 15 heteroatoms. The van der Waals surface area contributed by atoms with Crippen LogP contribution in [0.2, 0.25) is 36.3 Å². The monoisotopic (exact) mass is 1060 g/mol. The first-order valence-electron chi connectivity index (χ1n) is 24.0. The van der Waals surface area contributed by atoms with E-state index in [1.807, 2.05) is 102 Å². The third kappa shape index (κ3) is 22.8. The number of hydrogen-bond acceptors (Lipinski definition) is 8. The lowest BCUT2D eigenvalue weighted by Crippen LogP contribution is -2.47. The molecular weight excluding hydrogens is 985 g/mol. The number of piperidine rings is 2. The summed E-state index contributed by atoms with van der Waals surface area (Å²) in [5, 5.41) is 13.6. The number of halogens is 5. The van der Waals surface area contributed by atoms with E-state index < -0.39 is 38.3 Å². The number of anilines is 1. The van der Waals surface area contributed by atoms with Gasteiger partial charge in [0.15, 0.2) is 14.4 Å². The minimum atomic E-state index is -2.57. The molecular formula is C54H77BrF4N2O6Si2. The summed E-state index contributed by atoms with van der Waals surface area (Å²) in [7, 11) is -2.47. The van der Waals surface area contributed by atoms with Crippen LogP contribution in [0.3, 0.4) is 0 Å². The summed E-state index contributed by atoms with van der Waals surface area (Å²) in [4.78, 5) is 26.7. The molecule has 2 aliphatic rings. The SMILES string of the molecule is CC(C)(C)[Si](C)(C)O[C@H](Cc1ccc(Br)cc1)C(=O)OCc1ccccc1.C[SiH](C)C(C)(C)C.FC1(F)CCNCC1.O=C(OCc1ccccc1)[C@H](O)Cc1ccc(N2CCC(F)(F)CC2)cc1. The van der Waals surface area contributed by atoms with Gasteiger partial charge in [-0.3, -0.25) is 0 Å². The van der Waals surface area contributed by atoms with Crippen LogP contribution in [0.25, 0.3) is 0 Å². The van der Waals surface area contributed by atoms with Gasteiger partial charge in [0, 0.05) is 83.7 Å². The Morgan fingerprint density at radius 2 is 1.10 bits per heavy atom. The van der Waals surface area contributed by atoms with Crippen molar-refractivity contribution in [1.82, 2.24) is 5.32 Å². The van der Waals surface area contributed by atoms with E-state index in [1.54, 1.807) is 12.1 Å². The molecule has 6 rings (SSSR count). The number of alkyl halides is 4. The van der Waals surface area contributed by atoms with Crippen LogP contribution in [0.15, 0.2) is 114 Å². The highest BCUT2D eigenvalue weighted by Crippen LogP contribution is 2.38. The Hall–Kier alpha value is -3.87. The summed E-state index contributed by atoms with van der Waals surface area (Å²) >= 11 is 3.45. The van der Waals surface area contributed by atoms with Crippen molar-refractivity contribution in [2.75, 3.05) is 31.1 Å². The lowest BCUT2D eigenvalue weighted by molar-refractivity contribution is -0.155. The highest BCUT2D eigenvalue weighted by molar-refractivity contribution is 9.10. The zero-order valence-electron chi connectivity index (χ0n) is 42.4. The van der Waals surface area contributed by atoms with Crippen LogP contribution in [-0.4, -0.2) is 84.4 Å². The Morgan fingerprint density at radius 3 is 1.52 bits per heavy atom. The Kier molecular flexibility index (Phi) is 23.8. The first-order valence-corrected chi connectivity index (χ1v) is 30.6. The molecule has 0 radical (unpaired) electrons. The molecule has 382 valence electrons. The number of ether oxygens (including phenoxy) is 2. The predicted octanol–water partition coefficient (Wildman–Crippen LogP) is 13.0. The lowest BCUT2D eigenvalue weighted by Gasteiger charge is -2.38. The van der Waals surface area contributed by atoms with Crippen LogP contribution in [0.1, 0.15) is 89.5 Å². The van der Waals surface area contributed by atoms with Crippen LogP contribution in [0.5, 0.6) is 0 Å². The Labute approximate surface area is 420 Å². The van der Waals surface area contributed by atoms with Gasteiger partial charge in [-0.2, -0.15) is 0 Å². The van der Waals surface area contributed by atoms with Gasteiger partial charge in [0.1, 0.15) is 19.3 Å². The van der Waals surface area contributed by atoms with Gasteiger partial charge in [0.2, 0.25) is 0 Å². The zero-order chi connectivity index (χ0) is 51.5. The Morgan fingerprint density at radius 1 is 0.681 bits per heavy atom. The quantitative estimate of drug-likeness (QED) is 0.0776. The molecule has 4 aromatic carbocycles. The second kappa shape index (κ2) is 27.7. The molecule has 0 bridgehead atoms. The van der Waals surface area contributed by atoms with E-state index in [-0.39, 0.29) is 65.1 Å². The van der Waals surface area contributed by atoms with Crippen molar-refractivity contribution in [2.45, 2.75) is 154 Å².